The van der Waals surface area contributed by atoms with E-state index in [2.05, 4.69) is 41.3 Å². The number of hydrogen-bond acceptors (Lipinski definition) is 3. The van der Waals surface area contributed by atoms with Gasteiger partial charge < -0.3 is 5.11 Å². The van der Waals surface area contributed by atoms with Crippen LogP contribution in [0.25, 0.3) is 22.4 Å². The molecule has 0 aliphatic rings. The van der Waals surface area contributed by atoms with Gasteiger partial charge in [0.1, 0.15) is 5.69 Å². The molecule has 0 atom stereocenters. The molecule has 1 N–H and O–H groups in total. The van der Waals surface area contributed by atoms with Crippen LogP contribution in [0.1, 0.15) is 5.56 Å². The predicted octanol–water partition coefficient (Wildman–Crippen LogP) is 2.91. The van der Waals surface area contributed by atoms with Crippen LogP contribution in [0, 0.1) is 6.92 Å². The van der Waals surface area contributed by atoms with Gasteiger partial charge in [-0.2, -0.15) is 5.10 Å². The number of aryl methyl sites for hydroxylation is 1. The molecule has 0 aliphatic heterocycles. The van der Waals surface area contributed by atoms with E-state index in [-0.39, 0.29) is 6.61 Å². The highest BCUT2D eigenvalue weighted by Crippen LogP contribution is 2.30. The highest BCUT2D eigenvalue weighted by Gasteiger charge is 2.12. The average molecular weight is 279 g/mol. The van der Waals surface area contributed by atoms with Crippen LogP contribution in [0.2, 0.25) is 0 Å². The van der Waals surface area contributed by atoms with Crippen LogP contribution in [-0.2, 0) is 6.54 Å². The highest BCUT2D eigenvalue weighted by atomic mass is 16.3. The van der Waals surface area contributed by atoms with Crippen molar-refractivity contribution >= 4 is 0 Å². The number of benzene rings is 1. The maximum absolute atomic E-state index is 9.13. The summed E-state index contributed by atoms with van der Waals surface area (Å²) in [5.74, 6) is 0. The molecule has 4 heteroatoms. The zero-order valence-electron chi connectivity index (χ0n) is 11.9. The SMILES string of the molecule is Cc1ccc(-c2nn(CCO)cc2-c2ccncc2)cc1. The Hall–Kier alpha value is -2.46. The zero-order valence-corrected chi connectivity index (χ0v) is 11.9. The van der Waals surface area contributed by atoms with Gasteiger partial charge in [0.05, 0.1) is 13.2 Å². The summed E-state index contributed by atoms with van der Waals surface area (Å²) in [6.45, 7) is 2.63. The van der Waals surface area contributed by atoms with Gasteiger partial charge in [-0.15, -0.1) is 0 Å². The number of hydrogen-bond donors (Lipinski definition) is 1. The molecule has 1 aromatic carbocycles. The molecular formula is C17H17N3O. The molecular weight excluding hydrogens is 262 g/mol. The number of rotatable bonds is 4. The van der Waals surface area contributed by atoms with Crippen LogP contribution in [0.4, 0.5) is 0 Å². The first-order valence-electron chi connectivity index (χ1n) is 6.93. The summed E-state index contributed by atoms with van der Waals surface area (Å²) < 4.78 is 1.78. The molecule has 4 nitrogen and oxygen atoms in total. The fraction of sp³-hybridized carbons (Fsp3) is 0.176. The summed E-state index contributed by atoms with van der Waals surface area (Å²) in [4.78, 5) is 4.06. The van der Waals surface area contributed by atoms with Gasteiger partial charge in [-0.05, 0) is 24.6 Å². The van der Waals surface area contributed by atoms with E-state index in [4.69, 9.17) is 5.11 Å². The fourth-order valence-corrected chi connectivity index (χ4v) is 2.31. The molecule has 0 aliphatic carbocycles. The predicted molar refractivity (Wildman–Crippen MR) is 82.7 cm³/mol. The first kappa shape index (κ1) is 13.5. The van der Waals surface area contributed by atoms with Crippen molar-refractivity contribution in [3.05, 3.63) is 60.6 Å². The smallest absolute Gasteiger partial charge is 0.100 e. The Bertz CT molecular complexity index is 718. The van der Waals surface area contributed by atoms with Gasteiger partial charge in [-0.3, -0.25) is 9.67 Å². The molecule has 106 valence electrons. The molecule has 0 spiro atoms. The molecule has 0 saturated heterocycles. The number of aliphatic hydroxyl groups excluding tert-OH is 1. The van der Waals surface area contributed by atoms with E-state index < -0.39 is 0 Å². The van der Waals surface area contributed by atoms with E-state index in [0.717, 1.165) is 22.4 Å². The van der Waals surface area contributed by atoms with Crippen molar-refractivity contribution in [2.75, 3.05) is 6.61 Å². The Balaban J connectivity index is 2.11. The molecule has 0 saturated carbocycles. The lowest BCUT2D eigenvalue weighted by molar-refractivity contribution is 0.269. The minimum atomic E-state index is 0.0742. The first-order chi connectivity index (χ1) is 10.3. The summed E-state index contributed by atoms with van der Waals surface area (Å²) in [6, 6.07) is 12.3. The van der Waals surface area contributed by atoms with Crippen molar-refractivity contribution < 1.29 is 5.11 Å². The van der Waals surface area contributed by atoms with E-state index in [1.54, 1.807) is 17.1 Å². The van der Waals surface area contributed by atoms with Crippen molar-refractivity contribution in [2.45, 2.75) is 13.5 Å². The second-order valence-electron chi connectivity index (χ2n) is 4.98. The molecule has 0 radical (unpaired) electrons. The molecule has 2 aromatic heterocycles. The van der Waals surface area contributed by atoms with Gasteiger partial charge in [0, 0.05) is 29.7 Å². The van der Waals surface area contributed by atoms with E-state index in [1.165, 1.54) is 5.56 Å². The van der Waals surface area contributed by atoms with E-state index in [0.29, 0.717) is 6.54 Å². The van der Waals surface area contributed by atoms with Crippen molar-refractivity contribution in [2.24, 2.45) is 0 Å². The summed E-state index contributed by atoms with van der Waals surface area (Å²) in [7, 11) is 0. The third-order valence-corrected chi connectivity index (χ3v) is 3.41. The van der Waals surface area contributed by atoms with Crippen LogP contribution in [0.3, 0.4) is 0 Å². The standard InChI is InChI=1S/C17H17N3O/c1-13-2-4-15(5-3-13)17-16(12-20(19-17)10-11-21)14-6-8-18-9-7-14/h2-9,12,21H,10-11H2,1H3. The van der Waals surface area contributed by atoms with Gasteiger partial charge in [0.25, 0.3) is 0 Å². The third-order valence-electron chi connectivity index (χ3n) is 3.41. The second kappa shape index (κ2) is 5.89. The lowest BCUT2D eigenvalue weighted by atomic mass is 10.0. The van der Waals surface area contributed by atoms with E-state index in [9.17, 15) is 0 Å². The van der Waals surface area contributed by atoms with Gasteiger partial charge in [0.2, 0.25) is 0 Å². The molecule has 21 heavy (non-hydrogen) atoms. The topological polar surface area (TPSA) is 50.9 Å². The van der Waals surface area contributed by atoms with Crippen LogP contribution < -0.4 is 0 Å². The summed E-state index contributed by atoms with van der Waals surface area (Å²) in [5, 5.41) is 13.7. The van der Waals surface area contributed by atoms with E-state index in [1.807, 2.05) is 18.3 Å². The van der Waals surface area contributed by atoms with Crippen LogP contribution in [0.5, 0.6) is 0 Å². The normalized spacial score (nSPS) is 10.8. The summed E-state index contributed by atoms with van der Waals surface area (Å²) >= 11 is 0. The number of nitrogens with zero attached hydrogens (tertiary/aromatic N) is 3. The Morgan fingerprint density at radius 3 is 2.38 bits per heavy atom. The van der Waals surface area contributed by atoms with Crippen molar-refractivity contribution in [1.29, 1.82) is 0 Å². The molecule has 0 bridgehead atoms. The fourth-order valence-electron chi connectivity index (χ4n) is 2.31. The highest BCUT2D eigenvalue weighted by molar-refractivity contribution is 5.80. The van der Waals surface area contributed by atoms with Gasteiger partial charge in [0.15, 0.2) is 0 Å². The van der Waals surface area contributed by atoms with Crippen molar-refractivity contribution in [3.63, 3.8) is 0 Å². The summed E-state index contributed by atoms with van der Waals surface area (Å²) in [6.07, 6.45) is 5.52. The molecule has 3 aromatic rings. The summed E-state index contributed by atoms with van der Waals surface area (Å²) in [5.41, 5.74) is 5.34. The van der Waals surface area contributed by atoms with E-state index >= 15 is 0 Å². The van der Waals surface area contributed by atoms with Crippen LogP contribution >= 0.6 is 0 Å². The minimum Gasteiger partial charge on any atom is -0.394 e. The lowest BCUT2D eigenvalue weighted by Crippen LogP contribution is -2.02. The molecule has 2 heterocycles. The van der Waals surface area contributed by atoms with Gasteiger partial charge in [-0.25, -0.2) is 0 Å². The van der Waals surface area contributed by atoms with Crippen molar-refractivity contribution in [1.82, 2.24) is 14.8 Å². The maximum Gasteiger partial charge on any atom is 0.100 e. The minimum absolute atomic E-state index is 0.0742. The van der Waals surface area contributed by atoms with Crippen molar-refractivity contribution in [3.8, 4) is 22.4 Å². The van der Waals surface area contributed by atoms with Crippen LogP contribution in [0.15, 0.2) is 55.0 Å². The van der Waals surface area contributed by atoms with Gasteiger partial charge in [-0.1, -0.05) is 29.8 Å². The average Bonchev–Trinajstić information content (AvgIpc) is 2.93. The molecule has 0 amide bonds. The second-order valence-corrected chi connectivity index (χ2v) is 4.98. The maximum atomic E-state index is 9.13. The largest absolute Gasteiger partial charge is 0.394 e. The zero-order chi connectivity index (χ0) is 14.7. The van der Waals surface area contributed by atoms with Gasteiger partial charge >= 0.3 is 0 Å². The quantitative estimate of drug-likeness (QED) is 0.799. The molecule has 3 rings (SSSR count). The number of pyridine rings is 1. The molecule has 0 fully saturated rings. The Morgan fingerprint density at radius 2 is 1.71 bits per heavy atom. The Kier molecular flexibility index (Phi) is 3.79. The third kappa shape index (κ3) is 2.85. The number of aliphatic hydroxyl groups is 1. The first-order valence-corrected chi connectivity index (χ1v) is 6.93. The monoisotopic (exact) mass is 279 g/mol. The molecule has 0 unspecified atom stereocenters. The van der Waals surface area contributed by atoms with Crippen LogP contribution in [-0.4, -0.2) is 26.5 Å². The lowest BCUT2D eigenvalue weighted by Gasteiger charge is -2.03. The Labute approximate surface area is 123 Å². The Morgan fingerprint density at radius 1 is 1.00 bits per heavy atom. The number of aromatic nitrogens is 3.